The van der Waals surface area contributed by atoms with Crippen LogP contribution in [0.2, 0.25) is 0 Å². The Labute approximate surface area is 95.4 Å². The Morgan fingerprint density at radius 2 is 1.85 bits per heavy atom. The van der Waals surface area contributed by atoms with Gasteiger partial charge in [0.15, 0.2) is 0 Å². The van der Waals surface area contributed by atoms with Crippen molar-refractivity contribution >= 4 is 31.9 Å². The number of hydrogen-bond donors (Lipinski definition) is 1. The molecule has 0 unspecified atom stereocenters. The number of hydrogen-bond acceptors (Lipinski definition) is 1. The van der Waals surface area contributed by atoms with Crippen molar-refractivity contribution in [3.63, 3.8) is 0 Å². The van der Waals surface area contributed by atoms with Crippen LogP contribution < -0.4 is 0 Å². The molecule has 13 heavy (non-hydrogen) atoms. The predicted molar refractivity (Wildman–Crippen MR) is 62.2 cm³/mol. The zero-order chi connectivity index (χ0) is 9.68. The van der Waals surface area contributed by atoms with E-state index in [-0.39, 0.29) is 6.61 Å². The summed E-state index contributed by atoms with van der Waals surface area (Å²) >= 11 is 6.82. The number of aryl methyl sites for hydroxylation is 1. The maximum absolute atomic E-state index is 8.98. The first-order valence-corrected chi connectivity index (χ1v) is 6.13. The standard InChI is InChI=1S/C10H12Br2O/c11-3-1-2-8-4-9(7-13)6-10(12)5-8/h4-6,13H,1-3,7H2. The summed E-state index contributed by atoms with van der Waals surface area (Å²) in [5.74, 6) is 0. The van der Waals surface area contributed by atoms with E-state index in [0.29, 0.717) is 0 Å². The summed E-state index contributed by atoms with van der Waals surface area (Å²) in [6.45, 7) is 0.112. The van der Waals surface area contributed by atoms with Crippen molar-refractivity contribution in [1.82, 2.24) is 0 Å². The minimum Gasteiger partial charge on any atom is -0.392 e. The van der Waals surface area contributed by atoms with E-state index in [1.165, 1.54) is 5.56 Å². The van der Waals surface area contributed by atoms with Crippen molar-refractivity contribution in [2.45, 2.75) is 19.4 Å². The van der Waals surface area contributed by atoms with Gasteiger partial charge in [-0.15, -0.1) is 0 Å². The first-order valence-electron chi connectivity index (χ1n) is 4.21. The van der Waals surface area contributed by atoms with Crippen molar-refractivity contribution < 1.29 is 5.11 Å². The minimum absolute atomic E-state index is 0.112. The van der Waals surface area contributed by atoms with Gasteiger partial charge in [0.2, 0.25) is 0 Å². The van der Waals surface area contributed by atoms with Gasteiger partial charge < -0.3 is 5.11 Å². The maximum Gasteiger partial charge on any atom is 0.0682 e. The normalized spacial score (nSPS) is 10.4. The molecular weight excluding hydrogens is 296 g/mol. The van der Waals surface area contributed by atoms with E-state index in [9.17, 15) is 0 Å². The van der Waals surface area contributed by atoms with Gasteiger partial charge in [0.1, 0.15) is 0 Å². The first-order chi connectivity index (χ1) is 6.26. The molecule has 0 saturated heterocycles. The molecule has 0 heterocycles. The van der Waals surface area contributed by atoms with Crippen LogP contribution in [0, 0.1) is 0 Å². The van der Waals surface area contributed by atoms with E-state index in [2.05, 4.69) is 37.9 Å². The molecule has 1 rings (SSSR count). The Bertz CT molecular complexity index is 274. The molecule has 0 bridgehead atoms. The number of rotatable bonds is 4. The number of alkyl halides is 1. The van der Waals surface area contributed by atoms with Crippen molar-refractivity contribution in [3.8, 4) is 0 Å². The highest BCUT2D eigenvalue weighted by Gasteiger charge is 1.98. The zero-order valence-corrected chi connectivity index (χ0v) is 10.4. The molecule has 72 valence electrons. The lowest BCUT2D eigenvalue weighted by molar-refractivity contribution is 0.281. The molecule has 0 atom stereocenters. The summed E-state index contributed by atoms with van der Waals surface area (Å²) in [6, 6.07) is 6.09. The van der Waals surface area contributed by atoms with E-state index in [4.69, 9.17) is 5.11 Å². The van der Waals surface area contributed by atoms with Crippen LogP contribution in [-0.4, -0.2) is 10.4 Å². The van der Waals surface area contributed by atoms with E-state index < -0.39 is 0 Å². The van der Waals surface area contributed by atoms with Gasteiger partial charge in [-0.05, 0) is 36.1 Å². The second kappa shape index (κ2) is 5.78. The van der Waals surface area contributed by atoms with Crippen LogP contribution in [0.15, 0.2) is 22.7 Å². The second-order valence-corrected chi connectivity index (χ2v) is 4.63. The molecule has 1 aromatic rings. The Balaban J connectivity index is 2.76. The number of benzene rings is 1. The van der Waals surface area contributed by atoms with Crippen LogP contribution in [0.1, 0.15) is 17.5 Å². The van der Waals surface area contributed by atoms with Gasteiger partial charge in [-0.3, -0.25) is 0 Å². The molecule has 0 aliphatic heterocycles. The average molecular weight is 308 g/mol. The van der Waals surface area contributed by atoms with Crippen molar-refractivity contribution in [2.24, 2.45) is 0 Å². The second-order valence-electron chi connectivity index (χ2n) is 2.92. The molecule has 1 aromatic carbocycles. The van der Waals surface area contributed by atoms with Gasteiger partial charge in [-0.1, -0.05) is 37.9 Å². The van der Waals surface area contributed by atoms with E-state index in [1.807, 2.05) is 12.1 Å². The summed E-state index contributed by atoms with van der Waals surface area (Å²) in [4.78, 5) is 0. The lowest BCUT2D eigenvalue weighted by Gasteiger charge is -2.03. The van der Waals surface area contributed by atoms with Gasteiger partial charge in [0.25, 0.3) is 0 Å². The maximum atomic E-state index is 8.98. The van der Waals surface area contributed by atoms with E-state index in [0.717, 1.165) is 28.2 Å². The lowest BCUT2D eigenvalue weighted by atomic mass is 10.1. The molecular formula is C10H12Br2O. The van der Waals surface area contributed by atoms with Crippen LogP contribution >= 0.6 is 31.9 Å². The Kier molecular flexibility index (Phi) is 4.99. The summed E-state index contributed by atoms with van der Waals surface area (Å²) in [6.07, 6.45) is 2.18. The molecule has 0 radical (unpaired) electrons. The van der Waals surface area contributed by atoms with Crippen molar-refractivity contribution in [3.05, 3.63) is 33.8 Å². The van der Waals surface area contributed by atoms with Crippen LogP contribution in [0.3, 0.4) is 0 Å². The summed E-state index contributed by atoms with van der Waals surface area (Å²) in [5, 5.41) is 10.0. The fourth-order valence-electron chi connectivity index (χ4n) is 1.22. The average Bonchev–Trinajstić information content (AvgIpc) is 2.14. The van der Waals surface area contributed by atoms with Crippen LogP contribution in [-0.2, 0) is 13.0 Å². The summed E-state index contributed by atoms with van der Waals surface area (Å²) in [7, 11) is 0. The Morgan fingerprint density at radius 1 is 1.15 bits per heavy atom. The Morgan fingerprint density at radius 3 is 2.46 bits per heavy atom. The molecule has 0 aromatic heterocycles. The number of aliphatic hydroxyl groups is 1. The topological polar surface area (TPSA) is 20.2 Å². The molecule has 0 aliphatic carbocycles. The smallest absolute Gasteiger partial charge is 0.0682 e. The van der Waals surface area contributed by atoms with Crippen molar-refractivity contribution in [2.75, 3.05) is 5.33 Å². The quantitative estimate of drug-likeness (QED) is 0.847. The van der Waals surface area contributed by atoms with Gasteiger partial charge >= 0.3 is 0 Å². The summed E-state index contributed by atoms with van der Waals surface area (Å²) < 4.78 is 1.05. The highest BCUT2D eigenvalue weighted by molar-refractivity contribution is 9.10. The molecule has 1 nitrogen and oxygen atoms in total. The molecule has 0 saturated carbocycles. The zero-order valence-electron chi connectivity index (χ0n) is 7.26. The third kappa shape index (κ3) is 3.79. The molecule has 0 spiro atoms. The molecule has 1 N–H and O–H groups in total. The number of halogens is 2. The van der Waals surface area contributed by atoms with Gasteiger partial charge in [0, 0.05) is 9.80 Å². The lowest BCUT2D eigenvalue weighted by Crippen LogP contribution is -1.90. The van der Waals surface area contributed by atoms with Crippen LogP contribution in [0.4, 0.5) is 0 Å². The summed E-state index contributed by atoms with van der Waals surface area (Å²) in [5.41, 5.74) is 2.25. The molecule has 0 fully saturated rings. The SMILES string of the molecule is OCc1cc(Br)cc(CCCBr)c1. The van der Waals surface area contributed by atoms with Gasteiger partial charge in [0.05, 0.1) is 6.61 Å². The third-order valence-electron chi connectivity index (χ3n) is 1.80. The predicted octanol–water partition coefficient (Wildman–Crippen LogP) is 3.27. The van der Waals surface area contributed by atoms with Crippen LogP contribution in [0.5, 0.6) is 0 Å². The van der Waals surface area contributed by atoms with Gasteiger partial charge in [-0.2, -0.15) is 0 Å². The number of aliphatic hydroxyl groups excluding tert-OH is 1. The molecule has 0 amide bonds. The van der Waals surface area contributed by atoms with E-state index in [1.54, 1.807) is 0 Å². The molecule has 3 heteroatoms. The fraction of sp³-hybridized carbons (Fsp3) is 0.400. The van der Waals surface area contributed by atoms with E-state index >= 15 is 0 Å². The first kappa shape index (κ1) is 11.2. The highest BCUT2D eigenvalue weighted by Crippen LogP contribution is 2.17. The monoisotopic (exact) mass is 306 g/mol. The van der Waals surface area contributed by atoms with Gasteiger partial charge in [-0.25, -0.2) is 0 Å². The fourth-order valence-corrected chi connectivity index (χ4v) is 2.09. The van der Waals surface area contributed by atoms with Crippen LogP contribution in [0.25, 0.3) is 0 Å². The van der Waals surface area contributed by atoms with Crippen molar-refractivity contribution in [1.29, 1.82) is 0 Å². The molecule has 0 aliphatic rings. The highest BCUT2D eigenvalue weighted by atomic mass is 79.9. The largest absolute Gasteiger partial charge is 0.392 e. The third-order valence-corrected chi connectivity index (χ3v) is 2.82. The Hall–Kier alpha value is 0.140. The minimum atomic E-state index is 0.112.